The van der Waals surface area contributed by atoms with Crippen LogP contribution in [0.3, 0.4) is 0 Å². The van der Waals surface area contributed by atoms with E-state index in [1.54, 1.807) is 0 Å². The molecule has 2 atom stereocenters. The lowest BCUT2D eigenvalue weighted by Crippen LogP contribution is -2.35. The minimum absolute atomic E-state index is 0.0191. The molecule has 1 aliphatic heterocycles. The van der Waals surface area contributed by atoms with Gasteiger partial charge >= 0.3 is 5.97 Å². The van der Waals surface area contributed by atoms with E-state index < -0.39 is 0 Å². The van der Waals surface area contributed by atoms with E-state index in [2.05, 4.69) is 0 Å². The molecule has 1 aromatic rings. The first-order valence-electron chi connectivity index (χ1n) is 7.23. The maximum absolute atomic E-state index is 11.9. The lowest BCUT2D eigenvalue weighted by atomic mass is 10.0. The van der Waals surface area contributed by atoms with Gasteiger partial charge in [0.2, 0.25) is 0 Å². The van der Waals surface area contributed by atoms with Crippen molar-refractivity contribution in [3.63, 3.8) is 0 Å². The second kappa shape index (κ2) is 6.75. The van der Waals surface area contributed by atoms with Crippen molar-refractivity contribution in [2.75, 3.05) is 5.73 Å². The predicted molar refractivity (Wildman–Crippen MR) is 78.3 cm³/mol. The molecule has 20 heavy (non-hydrogen) atoms. The summed E-state index contributed by atoms with van der Waals surface area (Å²) in [6.45, 7) is 4.03. The van der Waals surface area contributed by atoms with E-state index in [1.165, 1.54) is 0 Å². The Labute approximate surface area is 120 Å². The minimum atomic E-state index is -0.153. The molecule has 1 heterocycles. The highest BCUT2D eigenvalue weighted by Crippen LogP contribution is 2.22. The van der Waals surface area contributed by atoms with Crippen LogP contribution in [0, 0.1) is 0 Å². The number of anilines is 1. The van der Waals surface area contributed by atoms with Gasteiger partial charge in [0.05, 0.1) is 12.2 Å². The summed E-state index contributed by atoms with van der Waals surface area (Å²) >= 11 is 0. The molecule has 2 rings (SSSR count). The third-order valence-electron chi connectivity index (χ3n) is 3.61. The fourth-order valence-corrected chi connectivity index (χ4v) is 2.68. The third kappa shape index (κ3) is 4.23. The maximum Gasteiger partial charge on any atom is 0.306 e. The molecule has 1 fully saturated rings. The second-order valence-electron chi connectivity index (χ2n) is 5.54. The van der Waals surface area contributed by atoms with Gasteiger partial charge in [0.25, 0.3) is 0 Å². The number of rotatable bonds is 4. The first-order valence-corrected chi connectivity index (χ1v) is 7.23. The fourth-order valence-electron chi connectivity index (χ4n) is 2.68. The van der Waals surface area contributed by atoms with Crippen LogP contribution in [0.15, 0.2) is 24.3 Å². The Kier molecular flexibility index (Phi) is 5.01. The molecule has 0 amide bonds. The number of esters is 1. The smallest absolute Gasteiger partial charge is 0.306 e. The monoisotopic (exact) mass is 277 g/mol. The number of hydrogen-bond acceptors (Lipinski definition) is 4. The van der Waals surface area contributed by atoms with Crippen molar-refractivity contribution in [1.29, 1.82) is 0 Å². The Balaban J connectivity index is 1.79. The summed E-state index contributed by atoms with van der Waals surface area (Å²) in [4.78, 5) is 11.9. The number of carbonyl (C=O) groups is 1. The van der Waals surface area contributed by atoms with Gasteiger partial charge in [0.15, 0.2) is 0 Å². The SMILES string of the molecule is CC1CC(OC(=O)CCc2ccccc2N)CC(C)O1. The van der Waals surface area contributed by atoms with Crippen molar-refractivity contribution >= 4 is 11.7 Å². The second-order valence-corrected chi connectivity index (χ2v) is 5.54. The van der Waals surface area contributed by atoms with Crippen LogP contribution in [0.5, 0.6) is 0 Å². The summed E-state index contributed by atoms with van der Waals surface area (Å²) in [6.07, 6.45) is 2.85. The lowest BCUT2D eigenvalue weighted by Gasteiger charge is -2.31. The molecular formula is C16H23NO3. The van der Waals surface area contributed by atoms with Gasteiger partial charge in [-0.15, -0.1) is 0 Å². The van der Waals surface area contributed by atoms with Crippen LogP contribution in [0.2, 0.25) is 0 Å². The zero-order valence-corrected chi connectivity index (χ0v) is 12.2. The molecule has 0 saturated carbocycles. The van der Waals surface area contributed by atoms with E-state index in [0.717, 1.165) is 24.1 Å². The number of nitrogen functional groups attached to an aromatic ring is 1. The molecular weight excluding hydrogens is 254 g/mol. The van der Waals surface area contributed by atoms with Crippen molar-refractivity contribution in [1.82, 2.24) is 0 Å². The number of aryl methyl sites for hydroxylation is 1. The number of para-hydroxylation sites is 1. The van der Waals surface area contributed by atoms with Crippen LogP contribution < -0.4 is 5.73 Å². The van der Waals surface area contributed by atoms with E-state index in [9.17, 15) is 4.79 Å². The highest BCUT2D eigenvalue weighted by Gasteiger charge is 2.27. The molecule has 2 unspecified atom stereocenters. The quantitative estimate of drug-likeness (QED) is 0.679. The van der Waals surface area contributed by atoms with Gasteiger partial charge in [0, 0.05) is 24.9 Å². The largest absolute Gasteiger partial charge is 0.462 e. The van der Waals surface area contributed by atoms with Gasteiger partial charge in [-0.2, -0.15) is 0 Å². The van der Waals surface area contributed by atoms with Crippen molar-refractivity contribution in [2.24, 2.45) is 0 Å². The molecule has 0 bridgehead atoms. The average molecular weight is 277 g/mol. The van der Waals surface area contributed by atoms with E-state index in [4.69, 9.17) is 15.2 Å². The van der Waals surface area contributed by atoms with Crippen molar-refractivity contribution in [3.05, 3.63) is 29.8 Å². The molecule has 0 aromatic heterocycles. The summed E-state index contributed by atoms with van der Waals surface area (Å²) in [6, 6.07) is 7.62. The lowest BCUT2D eigenvalue weighted by molar-refractivity contribution is -0.159. The highest BCUT2D eigenvalue weighted by molar-refractivity contribution is 5.70. The Morgan fingerprint density at radius 2 is 1.95 bits per heavy atom. The van der Waals surface area contributed by atoms with Gasteiger partial charge in [-0.25, -0.2) is 0 Å². The summed E-state index contributed by atoms with van der Waals surface area (Å²) < 4.78 is 11.2. The van der Waals surface area contributed by atoms with E-state index in [-0.39, 0.29) is 24.3 Å². The molecule has 1 saturated heterocycles. The Bertz CT molecular complexity index is 451. The van der Waals surface area contributed by atoms with E-state index in [0.29, 0.717) is 12.8 Å². The number of nitrogens with two attached hydrogens (primary N) is 1. The summed E-state index contributed by atoms with van der Waals surface area (Å²) in [5.74, 6) is -0.153. The molecule has 1 aliphatic rings. The number of carbonyl (C=O) groups excluding carboxylic acids is 1. The standard InChI is InChI=1S/C16H23NO3/c1-11-9-14(10-12(2)19-11)20-16(18)8-7-13-5-3-4-6-15(13)17/h3-6,11-12,14H,7-10,17H2,1-2H3. The van der Waals surface area contributed by atoms with Gasteiger partial charge in [-0.1, -0.05) is 18.2 Å². The first-order chi connectivity index (χ1) is 9.54. The minimum Gasteiger partial charge on any atom is -0.462 e. The number of ether oxygens (including phenoxy) is 2. The molecule has 4 heteroatoms. The molecule has 1 aromatic carbocycles. The Morgan fingerprint density at radius 1 is 1.30 bits per heavy atom. The van der Waals surface area contributed by atoms with E-state index in [1.807, 2.05) is 38.1 Å². The molecule has 4 nitrogen and oxygen atoms in total. The van der Waals surface area contributed by atoms with Crippen LogP contribution in [0.4, 0.5) is 5.69 Å². The van der Waals surface area contributed by atoms with Crippen molar-refractivity contribution < 1.29 is 14.3 Å². The van der Waals surface area contributed by atoms with Gasteiger partial charge in [0.1, 0.15) is 6.10 Å². The van der Waals surface area contributed by atoms with Crippen LogP contribution in [0.25, 0.3) is 0 Å². The van der Waals surface area contributed by atoms with Gasteiger partial charge in [-0.05, 0) is 31.9 Å². The number of hydrogen-bond donors (Lipinski definition) is 1. The van der Waals surface area contributed by atoms with Crippen LogP contribution >= 0.6 is 0 Å². The average Bonchev–Trinajstić information content (AvgIpc) is 2.36. The topological polar surface area (TPSA) is 61.5 Å². The summed E-state index contributed by atoms with van der Waals surface area (Å²) in [7, 11) is 0. The molecule has 0 spiro atoms. The van der Waals surface area contributed by atoms with Gasteiger partial charge in [-0.3, -0.25) is 4.79 Å². The normalized spacial score (nSPS) is 26.2. The fraction of sp³-hybridized carbons (Fsp3) is 0.562. The molecule has 0 aliphatic carbocycles. The van der Waals surface area contributed by atoms with Crippen LogP contribution in [-0.2, 0) is 20.7 Å². The van der Waals surface area contributed by atoms with E-state index >= 15 is 0 Å². The van der Waals surface area contributed by atoms with Crippen LogP contribution in [0.1, 0.15) is 38.7 Å². The Morgan fingerprint density at radius 3 is 2.60 bits per heavy atom. The molecule has 110 valence electrons. The summed E-state index contributed by atoms with van der Waals surface area (Å²) in [5.41, 5.74) is 7.59. The molecule has 2 N–H and O–H groups in total. The van der Waals surface area contributed by atoms with Crippen LogP contribution in [-0.4, -0.2) is 24.3 Å². The van der Waals surface area contributed by atoms with Crippen molar-refractivity contribution in [2.45, 2.75) is 57.8 Å². The predicted octanol–water partition coefficient (Wildman–Crippen LogP) is 2.70. The maximum atomic E-state index is 11.9. The zero-order chi connectivity index (χ0) is 14.5. The highest BCUT2D eigenvalue weighted by atomic mass is 16.6. The first kappa shape index (κ1) is 14.9. The summed E-state index contributed by atoms with van der Waals surface area (Å²) in [5, 5.41) is 0. The van der Waals surface area contributed by atoms with Crippen molar-refractivity contribution in [3.8, 4) is 0 Å². The number of benzene rings is 1. The molecule has 0 radical (unpaired) electrons. The Hall–Kier alpha value is -1.55. The third-order valence-corrected chi connectivity index (χ3v) is 3.61. The van der Waals surface area contributed by atoms with Gasteiger partial charge < -0.3 is 15.2 Å². The zero-order valence-electron chi connectivity index (χ0n) is 12.2.